The molecule has 0 aliphatic heterocycles. The van der Waals surface area contributed by atoms with Gasteiger partial charge in [-0.05, 0) is 36.4 Å². The van der Waals surface area contributed by atoms with Crippen molar-refractivity contribution in [1.29, 1.82) is 0 Å². The van der Waals surface area contributed by atoms with Gasteiger partial charge in [0.25, 0.3) is 0 Å². The Balaban J connectivity index is 2.02. The minimum absolute atomic E-state index is 0.328. The topological polar surface area (TPSA) is 29.1 Å². The van der Waals surface area contributed by atoms with Gasteiger partial charge in [-0.25, -0.2) is 4.39 Å². The van der Waals surface area contributed by atoms with E-state index in [1.54, 1.807) is 42.5 Å². The van der Waals surface area contributed by atoms with E-state index in [4.69, 9.17) is 11.6 Å². The second-order valence-electron chi connectivity index (χ2n) is 3.85. The average Bonchev–Trinajstić information content (AvgIpc) is 2.40. The third-order valence-corrected chi connectivity index (χ3v) is 2.68. The lowest BCUT2D eigenvalue weighted by Crippen LogP contribution is -2.07. The highest BCUT2D eigenvalue weighted by atomic mass is 35.5. The third-order valence-electron chi connectivity index (χ3n) is 2.43. The molecule has 0 heterocycles. The Morgan fingerprint density at radius 1 is 1.11 bits per heavy atom. The van der Waals surface area contributed by atoms with Crippen LogP contribution in [0.2, 0.25) is 5.02 Å². The summed E-state index contributed by atoms with van der Waals surface area (Å²) in [5.74, 6) is -0.691. The molecule has 1 amide bonds. The summed E-state index contributed by atoms with van der Waals surface area (Å²) in [6.45, 7) is 0. The van der Waals surface area contributed by atoms with Gasteiger partial charge in [0.05, 0.1) is 0 Å². The molecule has 0 aliphatic carbocycles. The number of nitrogens with one attached hydrogen (secondary N) is 1. The normalized spacial score (nSPS) is 10.6. The van der Waals surface area contributed by atoms with Crippen LogP contribution in [0.1, 0.15) is 5.56 Å². The molecule has 0 bridgehead atoms. The lowest BCUT2D eigenvalue weighted by atomic mass is 10.2. The summed E-state index contributed by atoms with van der Waals surface area (Å²) >= 11 is 5.74. The molecule has 0 spiro atoms. The van der Waals surface area contributed by atoms with Crippen LogP contribution in [0, 0.1) is 5.82 Å². The van der Waals surface area contributed by atoms with E-state index in [0.717, 1.165) is 0 Å². The van der Waals surface area contributed by atoms with Crippen molar-refractivity contribution in [2.24, 2.45) is 0 Å². The van der Waals surface area contributed by atoms with Crippen molar-refractivity contribution in [1.82, 2.24) is 0 Å². The minimum atomic E-state index is -0.363. The van der Waals surface area contributed by atoms with Crippen molar-refractivity contribution in [3.63, 3.8) is 0 Å². The summed E-state index contributed by atoms with van der Waals surface area (Å²) in [6.07, 6.45) is 2.72. The number of carbonyl (C=O) groups is 1. The number of benzene rings is 2. The van der Waals surface area contributed by atoms with Gasteiger partial charge in [-0.15, -0.1) is 0 Å². The van der Waals surface area contributed by atoms with Crippen LogP contribution in [-0.4, -0.2) is 5.91 Å². The molecule has 0 saturated heterocycles. The maximum absolute atomic E-state index is 13.3. The number of hydrogen-bond acceptors (Lipinski definition) is 1. The highest BCUT2D eigenvalue weighted by molar-refractivity contribution is 6.30. The predicted molar refractivity (Wildman–Crippen MR) is 75.5 cm³/mol. The van der Waals surface area contributed by atoms with Crippen molar-refractivity contribution in [3.8, 4) is 0 Å². The first-order chi connectivity index (χ1) is 9.15. The van der Waals surface area contributed by atoms with E-state index in [-0.39, 0.29) is 11.7 Å². The number of amides is 1. The molecule has 19 heavy (non-hydrogen) atoms. The van der Waals surface area contributed by atoms with Crippen molar-refractivity contribution in [2.75, 3.05) is 5.32 Å². The quantitative estimate of drug-likeness (QED) is 0.839. The standard InChI is InChI=1S/C15H11ClFNO/c16-12-6-8-13(9-7-12)18-15(19)10-5-11-3-1-2-4-14(11)17/h1-10H,(H,18,19). The Labute approximate surface area is 115 Å². The Hall–Kier alpha value is -2.13. The molecule has 2 aromatic carbocycles. The second-order valence-corrected chi connectivity index (χ2v) is 4.29. The Morgan fingerprint density at radius 2 is 1.79 bits per heavy atom. The maximum atomic E-state index is 13.3. The molecular weight excluding hydrogens is 265 g/mol. The van der Waals surface area contributed by atoms with Crippen molar-refractivity contribution >= 4 is 29.3 Å². The summed E-state index contributed by atoms with van der Waals surface area (Å²) in [5, 5.41) is 3.25. The predicted octanol–water partition coefficient (Wildman–Crippen LogP) is 4.13. The fourth-order valence-corrected chi connectivity index (χ4v) is 1.62. The van der Waals surface area contributed by atoms with Crippen LogP contribution in [0.5, 0.6) is 0 Å². The zero-order chi connectivity index (χ0) is 13.7. The van der Waals surface area contributed by atoms with E-state index >= 15 is 0 Å². The molecule has 4 heteroatoms. The van der Waals surface area contributed by atoms with Gasteiger partial charge in [-0.3, -0.25) is 4.79 Å². The highest BCUT2D eigenvalue weighted by Gasteiger charge is 1.99. The fourth-order valence-electron chi connectivity index (χ4n) is 1.49. The second kappa shape index (κ2) is 6.16. The smallest absolute Gasteiger partial charge is 0.248 e. The Morgan fingerprint density at radius 3 is 2.47 bits per heavy atom. The van der Waals surface area contributed by atoms with E-state index in [0.29, 0.717) is 16.3 Å². The lowest BCUT2D eigenvalue weighted by molar-refractivity contribution is -0.111. The number of halogens is 2. The van der Waals surface area contributed by atoms with E-state index in [9.17, 15) is 9.18 Å². The molecule has 2 nitrogen and oxygen atoms in total. The van der Waals surface area contributed by atoms with Gasteiger partial charge in [0.1, 0.15) is 5.82 Å². The van der Waals surface area contributed by atoms with Crippen LogP contribution >= 0.6 is 11.6 Å². The molecule has 0 radical (unpaired) electrons. The first kappa shape index (κ1) is 13.3. The monoisotopic (exact) mass is 275 g/mol. The zero-order valence-electron chi connectivity index (χ0n) is 9.94. The molecule has 2 aromatic rings. The summed E-state index contributed by atoms with van der Waals surface area (Å²) in [7, 11) is 0. The van der Waals surface area contributed by atoms with E-state index in [1.807, 2.05) is 0 Å². The van der Waals surface area contributed by atoms with Gasteiger partial charge < -0.3 is 5.32 Å². The molecule has 2 rings (SSSR count). The SMILES string of the molecule is O=C(C=Cc1ccccc1F)Nc1ccc(Cl)cc1. The first-order valence-electron chi connectivity index (χ1n) is 5.64. The molecular formula is C15H11ClFNO. The number of anilines is 1. The van der Waals surface area contributed by atoms with Crippen LogP contribution in [0.4, 0.5) is 10.1 Å². The molecule has 96 valence electrons. The Bertz CT molecular complexity index is 608. The molecule has 1 N–H and O–H groups in total. The van der Waals surface area contributed by atoms with Gasteiger partial charge in [0.15, 0.2) is 0 Å². The molecule has 0 fully saturated rings. The molecule has 0 aliphatic rings. The van der Waals surface area contributed by atoms with Crippen LogP contribution < -0.4 is 5.32 Å². The van der Waals surface area contributed by atoms with Crippen molar-refractivity contribution < 1.29 is 9.18 Å². The lowest BCUT2D eigenvalue weighted by Gasteiger charge is -2.01. The highest BCUT2D eigenvalue weighted by Crippen LogP contribution is 2.13. The number of carbonyl (C=O) groups excluding carboxylic acids is 1. The summed E-state index contributed by atoms with van der Waals surface area (Å²) in [5.41, 5.74) is 1.00. The maximum Gasteiger partial charge on any atom is 0.248 e. The van der Waals surface area contributed by atoms with Crippen LogP contribution in [0.3, 0.4) is 0 Å². The first-order valence-corrected chi connectivity index (χ1v) is 6.02. The van der Waals surface area contributed by atoms with Crippen LogP contribution in [-0.2, 0) is 4.79 Å². The average molecular weight is 276 g/mol. The minimum Gasteiger partial charge on any atom is -0.323 e. The summed E-state index contributed by atoms with van der Waals surface area (Å²) < 4.78 is 13.3. The van der Waals surface area contributed by atoms with Gasteiger partial charge in [-0.1, -0.05) is 29.8 Å². The van der Waals surface area contributed by atoms with Gasteiger partial charge >= 0.3 is 0 Å². The molecule has 0 aromatic heterocycles. The third kappa shape index (κ3) is 3.93. The number of rotatable bonds is 3. The van der Waals surface area contributed by atoms with Gasteiger partial charge in [-0.2, -0.15) is 0 Å². The summed E-state index contributed by atoms with van der Waals surface area (Å²) in [6, 6.07) is 13.0. The molecule has 0 saturated carbocycles. The van der Waals surface area contributed by atoms with Crippen LogP contribution in [0.25, 0.3) is 6.08 Å². The molecule has 0 unspecified atom stereocenters. The van der Waals surface area contributed by atoms with Gasteiger partial charge in [0, 0.05) is 22.3 Å². The van der Waals surface area contributed by atoms with Crippen molar-refractivity contribution in [3.05, 3.63) is 71.0 Å². The van der Waals surface area contributed by atoms with Gasteiger partial charge in [0.2, 0.25) is 5.91 Å². The van der Waals surface area contributed by atoms with E-state index in [2.05, 4.69) is 5.32 Å². The largest absolute Gasteiger partial charge is 0.323 e. The Kier molecular flexibility index (Phi) is 4.31. The summed E-state index contributed by atoms with van der Waals surface area (Å²) in [4.78, 5) is 11.6. The number of hydrogen-bond donors (Lipinski definition) is 1. The fraction of sp³-hybridized carbons (Fsp3) is 0. The van der Waals surface area contributed by atoms with Crippen molar-refractivity contribution in [2.45, 2.75) is 0 Å². The van der Waals surface area contributed by atoms with E-state index in [1.165, 1.54) is 18.2 Å². The zero-order valence-corrected chi connectivity index (χ0v) is 10.7. The molecule has 0 atom stereocenters. The van der Waals surface area contributed by atoms with Crippen LogP contribution in [0.15, 0.2) is 54.6 Å². The van der Waals surface area contributed by atoms with E-state index < -0.39 is 0 Å².